The molecule has 0 spiro atoms. The van der Waals surface area contributed by atoms with E-state index in [1.807, 2.05) is 6.07 Å². The lowest BCUT2D eigenvalue weighted by Crippen LogP contribution is -1.91. The summed E-state index contributed by atoms with van der Waals surface area (Å²) in [6, 6.07) is 9.44. The lowest BCUT2D eigenvalue weighted by Gasteiger charge is -2.07. The number of allylic oxidation sites excluding steroid dienone is 1. The second kappa shape index (κ2) is 5.83. The van der Waals surface area contributed by atoms with Gasteiger partial charge in [-0.3, -0.25) is 4.98 Å². The summed E-state index contributed by atoms with van der Waals surface area (Å²) in [5, 5.41) is 9.36. The van der Waals surface area contributed by atoms with Crippen molar-refractivity contribution in [3.05, 3.63) is 64.7 Å². The van der Waals surface area contributed by atoms with Crippen LogP contribution >= 0.6 is 23.2 Å². The third-order valence-electron chi connectivity index (χ3n) is 2.48. The predicted octanol–water partition coefficient (Wildman–Crippen LogP) is 4.50. The molecule has 2 nitrogen and oxygen atoms in total. The van der Waals surface area contributed by atoms with Gasteiger partial charge < -0.3 is 0 Å². The molecule has 0 saturated heterocycles. The number of hydrogen-bond acceptors (Lipinski definition) is 2. The number of rotatable bonds is 2. The zero-order valence-electron chi connectivity index (χ0n) is 9.57. The maximum atomic E-state index is 13.8. The summed E-state index contributed by atoms with van der Waals surface area (Å²) in [7, 11) is 0. The van der Waals surface area contributed by atoms with E-state index >= 15 is 0 Å². The molecule has 0 atom stereocenters. The molecular weight excluding hydrogens is 286 g/mol. The fourth-order valence-corrected chi connectivity index (χ4v) is 2.24. The highest BCUT2D eigenvalue weighted by molar-refractivity contribution is 6.54. The van der Waals surface area contributed by atoms with Crippen LogP contribution in [-0.4, -0.2) is 4.98 Å². The Kier molecular flexibility index (Phi) is 4.16. The summed E-state index contributed by atoms with van der Waals surface area (Å²) in [6.07, 6.45) is 3.06. The molecule has 0 aliphatic carbocycles. The van der Waals surface area contributed by atoms with Crippen molar-refractivity contribution in [3.63, 3.8) is 0 Å². The van der Waals surface area contributed by atoms with E-state index in [1.165, 1.54) is 30.6 Å². The van der Waals surface area contributed by atoms with E-state index in [-0.39, 0.29) is 21.2 Å². The molecule has 0 amide bonds. The highest BCUT2D eigenvalue weighted by Gasteiger charge is 2.16. The molecule has 0 aliphatic heterocycles. The summed E-state index contributed by atoms with van der Waals surface area (Å²) in [6.45, 7) is 0. The second-order valence-electron chi connectivity index (χ2n) is 3.63. The van der Waals surface area contributed by atoms with E-state index in [0.717, 1.165) is 0 Å². The molecule has 0 N–H and O–H groups in total. The third kappa shape index (κ3) is 2.76. The first-order valence-corrected chi connectivity index (χ1v) is 6.05. The van der Waals surface area contributed by atoms with Gasteiger partial charge in [0.05, 0.1) is 15.6 Å². The first kappa shape index (κ1) is 13.5. The van der Waals surface area contributed by atoms with Crippen LogP contribution in [-0.2, 0) is 0 Å². The van der Waals surface area contributed by atoms with Gasteiger partial charge in [0.2, 0.25) is 0 Å². The normalized spacial score (nSPS) is 11.7. The van der Waals surface area contributed by atoms with Gasteiger partial charge in [0.25, 0.3) is 0 Å². The standard InChI is InChI=1S/C14H7Cl2FN2/c15-11-2-1-3-12(17)13(11)14(16)10(8-18)9-4-6-19-7-5-9/h1-7H/b14-10+. The van der Waals surface area contributed by atoms with E-state index in [0.29, 0.717) is 5.56 Å². The number of nitriles is 1. The Morgan fingerprint density at radius 3 is 2.47 bits per heavy atom. The van der Waals surface area contributed by atoms with Crippen molar-refractivity contribution < 1.29 is 4.39 Å². The van der Waals surface area contributed by atoms with Gasteiger partial charge in [0.15, 0.2) is 0 Å². The Morgan fingerprint density at radius 1 is 1.21 bits per heavy atom. The molecule has 0 saturated carbocycles. The van der Waals surface area contributed by atoms with Crippen LogP contribution in [0.3, 0.4) is 0 Å². The molecule has 19 heavy (non-hydrogen) atoms. The molecule has 1 aromatic heterocycles. The van der Waals surface area contributed by atoms with Gasteiger partial charge in [-0.05, 0) is 29.8 Å². The summed E-state index contributed by atoms with van der Waals surface area (Å²) in [5.41, 5.74) is 0.733. The Morgan fingerprint density at radius 2 is 1.89 bits per heavy atom. The van der Waals surface area contributed by atoms with E-state index in [1.54, 1.807) is 12.1 Å². The monoisotopic (exact) mass is 292 g/mol. The number of benzene rings is 1. The van der Waals surface area contributed by atoms with Crippen molar-refractivity contribution in [3.8, 4) is 6.07 Å². The Hall–Kier alpha value is -1.89. The molecule has 0 fully saturated rings. The molecule has 5 heteroatoms. The van der Waals surface area contributed by atoms with E-state index in [4.69, 9.17) is 23.2 Å². The first-order chi connectivity index (χ1) is 9.15. The number of pyridine rings is 1. The first-order valence-electron chi connectivity index (χ1n) is 5.29. The Balaban J connectivity index is 2.67. The van der Waals surface area contributed by atoms with E-state index < -0.39 is 5.82 Å². The van der Waals surface area contributed by atoms with E-state index in [9.17, 15) is 9.65 Å². The molecule has 1 aromatic carbocycles. The van der Waals surface area contributed by atoms with Crippen LogP contribution in [0.15, 0.2) is 42.7 Å². The Labute approximate surface area is 119 Å². The molecule has 0 unspecified atom stereocenters. The zero-order valence-corrected chi connectivity index (χ0v) is 11.1. The molecule has 1 heterocycles. The minimum Gasteiger partial charge on any atom is -0.265 e. The summed E-state index contributed by atoms with van der Waals surface area (Å²) in [4.78, 5) is 3.85. The highest BCUT2D eigenvalue weighted by Crippen LogP contribution is 2.34. The van der Waals surface area contributed by atoms with Crippen molar-refractivity contribution in [2.24, 2.45) is 0 Å². The van der Waals surface area contributed by atoms with E-state index in [2.05, 4.69) is 4.98 Å². The van der Waals surface area contributed by atoms with Crippen LogP contribution < -0.4 is 0 Å². The minimum atomic E-state index is -0.570. The van der Waals surface area contributed by atoms with Gasteiger partial charge in [-0.15, -0.1) is 0 Å². The van der Waals surface area contributed by atoms with Crippen LogP contribution in [0.25, 0.3) is 10.6 Å². The van der Waals surface area contributed by atoms with Gasteiger partial charge in [-0.2, -0.15) is 5.26 Å². The zero-order chi connectivity index (χ0) is 13.8. The van der Waals surface area contributed by atoms with Crippen LogP contribution in [0.4, 0.5) is 4.39 Å². The summed E-state index contributed by atoms with van der Waals surface area (Å²) in [5.74, 6) is -0.570. The largest absolute Gasteiger partial charge is 0.265 e. The summed E-state index contributed by atoms with van der Waals surface area (Å²) >= 11 is 12.1. The number of hydrogen-bond donors (Lipinski definition) is 0. The van der Waals surface area contributed by atoms with Gasteiger partial charge in [0.1, 0.15) is 11.9 Å². The predicted molar refractivity (Wildman–Crippen MR) is 73.9 cm³/mol. The maximum absolute atomic E-state index is 13.8. The SMILES string of the molecule is N#C/C(=C(\Cl)c1c(F)cccc1Cl)c1ccncc1. The van der Waals surface area contributed by atoms with Crippen molar-refractivity contribution in [2.75, 3.05) is 0 Å². The highest BCUT2D eigenvalue weighted by atomic mass is 35.5. The molecule has 0 aliphatic rings. The van der Waals surface area contributed by atoms with Crippen LogP contribution in [0.2, 0.25) is 5.02 Å². The molecule has 94 valence electrons. The number of halogens is 3. The number of nitrogens with zero attached hydrogens (tertiary/aromatic N) is 2. The quantitative estimate of drug-likeness (QED) is 0.764. The van der Waals surface area contributed by atoms with Gasteiger partial charge >= 0.3 is 0 Å². The van der Waals surface area contributed by atoms with Crippen molar-refractivity contribution in [2.45, 2.75) is 0 Å². The number of aromatic nitrogens is 1. The topological polar surface area (TPSA) is 36.7 Å². The van der Waals surface area contributed by atoms with Crippen LogP contribution in [0, 0.1) is 17.1 Å². The van der Waals surface area contributed by atoms with Gasteiger partial charge in [-0.1, -0.05) is 29.3 Å². The van der Waals surface area contributed by atoms with Crippen LogP contribution in [0.5, 0.6) is 0 Å². The third-order valence-corrected chi connectivity index (χ3v) is 3.18. The summed E-state index contributed by atoms with van der Waals surface area (Å²) < 4.78 is 13.8. The molecule has 2 aromatic rings. The average molecular weight is 293 g/mol. The van der Waals surface area contributed by atoms with Crippen molar-refractivity contribution in [1.82, 2.24) is 4.98 Å². The fraction of sp³-hybridized carbons (Fsp3) is 0. The fourth-order valence-electron chi connectivity index (χ4n) is 1.59. The molecule has 0 radical (unpaired) electrons. The molecule has 0 bridgehead atoms. The van der Waals surface area contributed by atoms with Gasteiger partial charge in [0, 0.05) is 18.0 Å². The van der Waals surface area contributed by atoms with Crippen molar-refractivity contribution >= 4 is 33.8 Å². The van der Waals surface area contributed by atoms with Crippen molar-refractivity contribution in [1.29, 1.82) is 5.26 Å². The lowest BCUT2D eigenvalue weighted by molar-refractivity contribution is 0.625. The Bertz CT molecular complexity index is 655. The minimum absolute atomic E-state index is 0.0169. The lowest BCUT2D eigenvalue weighted by atomic mass is 10.0. The average Bonchev–Trinajstić information content (AvgIpc) is 2.40. The second-order valence-corrected chi connectivity index (χ2v) is 4.42. The maximum Gasteiger partial charge on any atom is 0.133 e. The molecule has 2 rings (SSSR count). The van der Waals surface area contributed by atoms with Gasteiger partial charge in [-0.25, -0.2) is 4.39 Å². The molecular formula is C14H7Cl2FN2. The van der Waals surface area contributed by atoms with Crippen LogP contribution in [0.1, 0.15) is 11.1 Å². The smallest absolute Gasteiger partial charge is 0.133 e.